The maximum absolute atomic E-state index is 13.3. The van der Waals surface area contributed by atoms with Crippen LogP contribution in [-0.2, 0) is 9.59 Å². The molecule has 0 radical (unpaired) electrons. The van der Waals surface area contributed by atoms with Gasteiger partial charge in [-0.05, 0) is 62.6 Å². The Hall–Kier alpha value is -5.59. The van der Waals surface area contributed by atoms with Gasteiger partial charge in [-0.2, -0.15) is 5.26 Å². The van der Waals surface area contributed by atoms with E-state index in [1.807, 2.05) is 0 Å². The molecule has 5 amide bonds. The molecule has 3 aliphatic heterocycles. The number of rotatable bonds is 13. The lowest BCUT2D eigenvalue weighted by Crippen LogP contribution is -2.74. The molecule has 1 saturated carbocycles. The highest BCUT2D eigenvalue weighted by atomic mass is 35.5. The van der Waals surface area contributed by atoms with Crippen molar-refractivity contribution in [2.45, 2.75) is 78.0 Å². The lowest BCUT2D eigenvalue weighted by Gasteiger charge is -2.63. The minimum Gasteiger partial charge on any atom is -0.494 e. The highest BCUT2D eigenvalue weighted by molar-refractivity contribution is 6.31. The molecule has 1 unspecified atom stereocenters. The molecule has 4 aliphatic rings. The Labute approximate surface area is 342 Å². The molecule has 304 valence electrons. The number of hydrogen-bond acceptors (Lipinski definition) is 12. The first-order valence-electron chi connectivity index (χ1n) is 19.6. The minimum atomic E-state index is -1.00. The predicted molar refractivity (Wildman–Crippen MR) is 213 cm³/mol. The van der Waals surface area contributed by atoms with Gasteiger partial charge < -0.3 is 19.7 Å². The zero-order valence-corrected chi connectivity index (χ0v) is 33.8. The molecule has 16 heteroatoms. The van der Waals surface area contributed by atoms with Gasteiger partial charge in [-0.3, -0.25) is 39.1 Å². The lowest BCUT2D eigenvalue weighted by molar-refractivity contribution is -0.164. The van der Waals surface area contributed by atoms with E-state index in [1.54, 1.807) is 42.6 Å². The second kappa shape index (κ2) is 16.3. The Bertz CT molecular complexity index is 2150. The van der Waals surface area contributed by atoms with E-state index in [-0.39, 0.29) is 47.7 Å². The van der Waals surface area contributed by atoms with Crippen molar-refractivity contribution in [1.82, 2.24) is 30.4 Å². The first-order chi connectivity index (χ1) is 27.7. The minimum absolute atomic E-state index is 0.0700. The highest BCUT2D eigenvalue weighted by Crippen LogP contribution is 2.55. The number of nitrogens with zero attached hydrogens (tertiary/aromatic N) is 6. The van der Waals surface area contributed by atoms with Crippen LogP contribution in [0.25, 0.3) is 0 Å². The number of piperazine rings is 1. The van der Waals surface area contributed by atoms with Crippen LogP contribution >= 0.6 is 11.6 Å². The van der Waals surface area contributed by atoms with Gasteiger partial charge in [0.05, 0.1) is 40.7 Å². The third kappa shape index (κ3) is 7.95. The van der Waals surface area contributed by atoms with E-state index in [1.165, 1.54) is 6.20 Å². The highest BCUT2D eigenvalue weighted by Gasteiger charge is 2.64. The van der Waals surface area contributed by atoms with E-state index in [0.29, 0.717) is 28.7 Å². The first kappa shape index (κ1) is 40.6. The Morgan fingerprint density at radius 1 is 0.931 bits per heavy atom. The summed E-state index contributed by atoms with van der Waals surface area (Å²) in [5, 5.41) is 14.9. The number of halogens is 1. The number of carbonyl (C=O) groups excluding carboxylic acids is 5. The number of aromatic nitrogens is 2. The Kier molecular flexibility index (Phi) is 11.4. The van der Waals surface area contributed by atoms with Gasteiger partial charge in [-0.1, -0.05) is 39.3 Å². The molecule has 2 saturated heterocycles. The lowest BCUT2D eigenvalue weighted by atomic mass is 9.49. The maximum atomic E-state index is 13.3. The number of unbranched alkanes of at least 4 members (excludes halogenated alkanes) is 2. The van der Waals surface area contributed by atoms with Gasteiger partial charge in [0.25, 0.3) is 17.7 Å². The molecule has 4 heterocycles. The molecule has 1 aromatic heterocycles. The van der Waals surface area contributed by atoms with Crippen molar-refractivity contribution in [2.75, 3.05) is 44.2 Å². The van der Waals surface area contributed by atoms with Crippen molar-refractivity contribution < 1.29 is 33.4 Å². The number of nitrogens with one attached hydrogen (secondary N) is 2. The van der Waals surface area contributed by atoms with Gasteiger partial charge in [-0.25, -0.2) is 9.97 Å². The van der Waals surface area contributed by atoms with Crippen LogP contribution < -0.4 is 25.0 Å². The van der Waals surface area contributed by atoms with Gasteiger partial charge >= 0.3 is 0 Å². The largest absolute Gasteiger partial charge is 0.494 e. The molecular weight excluding hydrogens is 764 g/mol. The molecule has 2 N–H and O–H groups in total. The Morgan fingerprint density at radius 2 is 1.66 bits per heavy atom. The molecule has 15 nitrogen and oxygen atoms in total. The second-order valence-electron chi connectivity index (χ2n) is 16.5. The van der Waals surface area contributed by atoms with E-state index in [2.05, 4.69) is 64.2 Å². The fourth-order valence-corrected chi connectivity index (χ4v) is 9.16. The van der Waals surface area contributed by atoms with Crippen LogP contribution in [0, 0.1) is 22.2 Å². The van der Waals surface area contributed by atoms with Gasteiger partial charge in [0.1, 0.15) is 41.2 Å². The number of piperidine rings is 1. The number of anilines is 1. The van der Waals surface area contributed by atoms with E-state index in [9.17, 15) is 29.2 Å². The average molecular weight is 811 g/mol. The molecule has 3 fully saturated rings. The van der Waals surface area contributed by atoms with Crippen LogP contribution in [0.4, 0.5) is 5.82 Å². The van der Waals surface area contributed by atoms with Crippen LogP contribution in [0.1, 0.15) is 96.6 Å². The number of fused-ring (bicyclic) bond motifs is 1. The third-order valence-corrected chi connectivity index (χ3v) is 12.1. The summed E-state index contributed by atoms with van der Waals surface area (Å²) >= 11 is 6.23. The molecule has 1 aliphatic carbocycles. The first-order valence-corrected chi connectivity index (χ1v) is 20.0. The number of benzene rings is 2. The summed E-state index contributed by atoms with van der Waals surface area (Å²) in [4.78, 5) is 77.8. The smallest absolute Gasteiger partial charge is 0.271 e. The quantitative estimate of drug-likeness (QED) is 0.184. The summed E-state index contributed by atoms with van der Waals surface area (Å²) in [6, 6.07) is 10.6. The van der Waals surface area contributed by atoms with E-state index in [4.69, 9.17) is 21.1 Å². The number of amides is 5. The van der Waals surface area contributed by atoms with Crippen LogP contribution in [0.15, 0.2) is 48.8 Å². The summed E-state index contributed by atoms with van der Waals surface area (Å²) in [6.07, 6.45) is 5.92. The number of nitriles is 1. The molecule has 2 aromatic carbocycles. The molecule has 3 aromatic rings. The van der Waals surface area contributed by atoms with Crippen LogP contribution in [0.2, 0.25) is 5.02 Å². The maximum Gasteiger partial charge on any atom is 0.271 e. The fraction of sp³-hybridized carbons (Fsp3) is 0.476. The fourth-order valence-electron chi connectivity index (χ4n) is 8.95. The van der Waals surface area contributed by atoms with E-state index in [0.717, 1.165) is 62.7 Å². The Balaban J connectivity index is 0.807. The summed E-state index contributed by atoms with van der Waals surface area (Å²) in [5.41, 5.74) is 0.253. The summed E-state index contributed by atoms with van der Waals surface area (Å²) in [5.74, 6) is -0.655. The van der Waals surface area contributed by atoms with E-state index < -0.39 is 40.5 Å². The van der Waals surface area contributed by atoms with Gasteiger partial charge in [0, 0.05) is 55.5 Å². The number of imide groups is 2. The zero-order valence-electron chi connectivity index (χ0n) is 33.0. The van der Waals surface area contributed by atoms with E-state index >= 15 is 0 Å². The van der Waals surface area contributed by atoms with Crippen LogP contribution in [0.3, 0.4) is 0 Å². The van der Waals surface area contributed by atoms with Crippen molar-refractivity contribution in [3.05, 3.63) is 76.2 Å². The van der Waals surface area contributed by atoms with Crippen molar-refractivity contribution in [1.29, 1.82) is 5.26 Å². The standard InChI is InChI=1S/C42H47ClN8O7/c1-41(2)39(42(3,4)40(41)58-27-9-8-25(22-44)30(43)21-27)48-35(53)31-23-46-33(24-45-31)50-17-15-49(16-18-50)14-6-5-7-19-57-26-10-11-28-29(20-26)38(56)51(37(28)55)32-12-13-34(52)47-36(32)54/h8-11,20-21,23-24,32,39-40H,5-7,12-19H2,1-4H3,(H,48,53)(H,47,52,54)/t32?,39-,40-. The number of carbonyl (C=O) groups is 5. The topological polar surface area (TPSA) is 187 Å². The van der Waals surface area contributed by atoms with Crippen molar-refractivity contribution in [3.63, 3.8) is 0 Å². The molecule has 0 spiro atoms. The molecular formula is C42H47ClN8O7. The molecule has 7 rings (SSSR count). The zero-order chi connectivity index (χ0) is 41.4. The summed E-state index contributed by atoms with van der Waals surface area (Å²) in [7, 11) is 0. The SMILES string of the molecule is CC1(C)[C@H](NC(=O)c2cnc(N3CCN(CCCCCOc4ccc5c(c4)C(=O)N(C4CCC(=O)NC4=O)C5=O)CC3)cn2)C(C)(C)[C@H]1Oc1ccc(C#N)c(Cl)c1. The predicted octanol–water partition coefficient (Wildman–Crippen LogP) is 4.39. The average Bonchev–Trinajstić information content (AvgIpc) is 3.45. The molecule has 1 atom stereocenters. The second-order valence-corrected chi connectivity index (χ2v) is 16.9. The van der Waals surface area contributed by atoms with Gasteiger partial charge in [0.15, 0.2) is 0 Å². The van der Waals surface area contributed by atoms with Crippen LogP contribution in [0.5, 0.6) is 11.5 Å². The van der Waals surface area contributed by atoms with Gasteiger partial charge in [-0.15, -0.1) is 0 Å². The summed E-state index contributed by atoms with van der Waals surface area (Å²) < 4.78 is 12.2. The van der Waals surface area contributed by atoms with Crippen molar-refractivity contribution in [3.8, 4) is 17.6 Å². The number of ether oxygens (including phenoxy) is 2. The summed E-state index contributed by atoms with van der Waals surface area (Å²) in [6.45, 7) is 13.0. The van der Waals surface area contributed by atoms with Crippen molar-refractivity contribution in [2.24, 2.45) is 10.8 Å². The monoisotopic (exact) mass is 810 g/mol. The molecule has 58 heavy (non-hydrogen) atoms. The van der Waals surface area contributed by atoms with Crippen molar-refractivity contribution >= 4 is 47.0 Å². The van der Waals surface area contributed by atoms with Crippen LogP contribution in [-0.4, -0.2) is 107 Å². The Morgan fingerprint density at radius 3 is 2.33 bits per heavy atom. The third-order valence-electron chi connectivity index (χ3n) is 11.8. The van der Waals surface area contributed by atoms with Gasteiger partial charge in [0.2, 0.25) is 11.8 Å². The normalized spacial score (nSPS) is 22.4. The number of hydrogen-bond donors (Lipinski definition) is 2. The molecule has 0 bridgehead atoms.